The normalized spacial score (nSPS) is 18.0. The van der Waals surface area contributed by atoms with E-state index in [1.54, 1.807) is 12.1 Å². The summed E-state index contributed by atoms with van der Waals surface area (Å²) in [5, 5.41) is 17.2. The minimum atomic E-state index is -3.90. The van der Waals surface area contributed by atoms with Crippen molar-refractivity contribution in [3.05, 3.63) is 66.7 Å². The molecule has 7 nitrogen and oxygen atoms in total. The second-order valence-electron chi connectivity index (χ2n) is 5.32. The highest BCUT2D eigenvalue weighted by molar-refractivity contribution is 7.89. The number of azo groups is 1. The van der Waals surface area contributed by atoms with Crippen LogP contribution in [0.15, 0.2) is 81.9 Å². The van der Waals surface area contributed by atoms with Gasteiger partial charge in [0.1, 0.15) is 6.04 Å². The van der Waals surface area contributed by atoms with E-state index < -0.39 is 22.0 Å². The highest BCUT2D eigenvalue weighted by Gasteiger charge is 2.36. The van der Waals surface area contributed by atoms with Crippen LogP contribution in [0.2, 0.25) is 0 Å². The van der Waals surface area contributed by atoms with Crippen LogP contribution in [0.3, 0.4) is 0 Å². The first-order chi connectivity index (χ1) is 12.0. The summed E-state index contributed by atoms with van der Waals surface area (Å²) in [6.07, 6.45) is 2.89. The fraction of sp³-hybridized carbons (Fsp3) is 0.118. The maximum absolute atomic E-state index is 12.6. The lowest BCUT2D eigenvalue weighted by Gasteiger charge is -2.20. The zero-order valence-corrected chi connectivity index (χ0v) is 13.9. The van der Waals surface area contributed by atoms with Crippen molar-refractivity contribution in [2.24, 2.45) is 10.2 Å². The molecular formula is C17H15N3O4S. The van der Waals surface area contributed by atoms with Gasteiger partial charge in [-0.3, -0.25) is 4.79 Å². The third-order valence-electron chi connectivity index (χ3n) is 3.65. The van der Waals surface area contributed by atoms with E-state index in [9.17, 15) is 13.2 Å². The molecule has 0 saturated carbocycles. The quantitative estimate of drug-likeness (QED) is 0.656. The summed E-state index contributed by atoms with van der Waals surface area (Å²) in [4.78, 5) is 11.2. The molecule has 1 atom stereocenters. The third-order valence-corrected chi connectivity index (χ3v) is 5.51. The van der Waals surface area contributed by atoms with Crippen LogP contribution in [-0.4, -0.2) is 36.4 Å². The second kappa shape index (κ2) is 6.96. The van der Waals surface area contributed by atoms with Crippen molar-refractivity contribution in [1.82, 2.24) is 4.31 Å². The van der Waals surface area contributed by atoms with Crippen LogP contribution in [0, 0.1) is 0 Å². The van der Waals surface area contributed by atoms with Crippen molar-refractivity contribution < 1.29 is 18.3 Å². The number of hydrogen-bond donors (Lipinski definition) is 1. The molecule has 3 rings (SSSR count). The Bertz CT molecular complexity index is 922. The average Bonchev–Trinajstić information content (AvgIpc) is 3.12. The Morgan fingerprint density at radius 2 is 1.60 bits per heavy atom. The van der Waals surface area contributed by atoms with Crippen molar-refractivity contribution in [2.75, 3.05) is 6.54 Å². The molecule has 0 aliphatic carbocycles. The molecule has 0 aromatic heterocycles. The van der Waals surface area contributed by atoms with Gasteiger partial charge in [-0.05, 0) is 36.4 Å². The summed E-state index contributed by atoms with van der Waals surface area (Å²) in [5.41, 5.74) is 1.18. The SMILES string of the molecule is O=C(O)C1C=CCN1S(=O)(=O)c1ccc(N=Nc2ccccc2)cc1. The van der Waals surface area contributed by atoms with Crippen molar-refractivity contribution in [1.29, 1.82) is 0 Å². The average molecular weight is 357 g/mol. The Kier molecular flexibility index (Phi) is 4.73. The minimum Gasteiger partial charge on any atom is -0.480 e. The summed E-state index contributed by atoms with van der Waals surface area (Å²) in [7, 11) is -3.90. The van der Waals surface area contributed by atoms with E-state index in [-0.39, 0.29) is 11.4 Å². The summed E-state index contributed by atoms with van der Waals surface area (Å²) >= 11 is 0. The van der Waals surface area contributed by atoms with Crippen LogP contribution >= 0.6 is 0 Å². The first-order valence-corrected chi connectivity index (χ1v) is 8.91. The molecular weight excluding hydrogens is 342 g/mol. The molecule has 2 aromatic rings. The zero-order chi connectivity index (χ0) is 17.9. The lowest BCUT2D eigenvalue weighted by Crippen LogP contribution is -2.40. The van der Waals surface area contributed by atoms with Gasteiger partial charge in [0.15, 0.2) is 0 Å². The van der Waals surface area contributed by atoms with Gasteiger partial charge in [-0.15, -0.1) is 0 Å². The zero-order valence-electron chi connectivity index (χ0n) is 13.1. The Morgan fingerprint density at radius 3 is 2.20 bits per heavy atom. The standard InChI is InChI=1S/C17H15N3O4S/c21-17(22)16-7-4-12-20(16)25(23,24)15-10-8-14(9-11-15)19-18-13-5-2-1-3-6-13/h1-11,16H,12H2,(H,21,22). The molecule has 0 bridgehead atoms. The number of carboxylic acid groups (broad SMARTS) is 1. The minimum absolute atomic E-state index is 0.0149. The molecule has 0 spiro atoms. The van der Waals surface area contributed by atoms with E-state index in [4.69, 9.17) is 5.11 Å². The monoisotopic (exact) mass is 357 g/mol. The van der Waals surface area contributed by atoms with Gasteiger partial charge in [0.2, 0.25) is 10.0 Å². The first-order valence-electron chi connectivity index (χ1n) is 7.47. The predicted molar refractivity (Wildman–Crippen MR) is 91.5 cm³/mol. The largest absolute Gasteiger partial charge is 0.480 e. The second-order valence-corrected chi connectivity index (χ2v) is 7.21. The number of carboxylic acids is 1. The molecule has 1 aliphatic rings. The number of nitrogens with zero attached hydrogens (tertiary/aromatic N) is 3. The Hall–Kier alpha value is -2.84. The molecule has 128 valence electrons. The van der Waals surface area contributed by atoms with Crippen molar-refractivity contribution >= 4 is 27.4 Å². The topological polar surface area (TPSA) is 99.4 Å². The molecule has 25 heavy (non-hydrogen) atoms. The van der Waals surface area contributed by atoms with Gasteiger partial charge in [-0.2, -0.15) is 14.5 Å². The van der Waals surface area contributed by atoms with E-state index >= 15 is 0 Å². The van der Waals surface area contributed by atoms with Gasteiger partial charge >= 0.3 is 5.97 Å². The molecule has 1 aliphatic heterocycles. The molecule has 8 heteroatoms. The molecule has 0 saturated heterocycles. The van der Waals surface area contributed by atoms with Gasteiger partial charge < -0.3 is 5.11 Å². The highest BCUT2D eigenvalue weighted by atomic mass is 32.2. The van der Waals surface area contributed by atoms with Gasteiger partial charge in [-0.1, -0.05) is 30.4 Å². The first kappa shape index (κ1) is 17.0. The van der Waals surface area contributed by atoms with Crippen molar-refractivity contribution in [3.63, 3.8) is 0 Å². The smallest absolute Gasteiger partial charge is 0.326 e. The lowest BCUT2D eigenvalue weighted by molar-refractivity contribution is -0.139. The van der Waals surface area contributed by atoms with E-state index in [1.807, 2.05) is 18.2 Å². The maximum atomic E-state index is 12.6. The summed E-state index contributed by atoms with van der Waals surface area (Å²) < 4.78 is 26.2. The van der Waals surface area contributed by atoms with Crippen LogP contribution in [0.25, 0.3) is 0 Å². The molecule has 0 radical (unpaired) electrons. The summed E-state index contributed by atoms with van der Waals surface area (Å²) in [6.45, 7) is 0.0365. The molecule has 0 fully saturated rings. The van der Waals surface area contributed by atoms with E-state index in [2.05, 4.69) is 10.2 Å². The van der Waals surface area contributed by atoms with Crippen molar-refractivity contribution in [3.8, 4) is 0 Å². The number of carbonyl (C=O) groups is 1. The maximum Gasteiger partial charge on any atom is 0.326 e. The summed E-state index contributed by atoms with van der Waals surface area (Å²) in [6, 6.07) is 13.8. The van der Waals surface area contributed by atoms with Crippen LogP contribution in [0.4, 0.5) is 11.4 Å². The fourth-order valence-electron chi connectivity index (χ4n) is 2.39. The molecule has 1 N–H and O–H groups in total. The van der Waals surface area contributed by atoms with Gasteiger partial charge in [0, 0.05) is 6.54 Å². The van der Waals surface area contributed by atoms with Gasteiger partial charge in [0.25, 0.3) is 0 Å². The van der Waals surface area contributed by atoms with E-state index in [0.717, 1.165) is 4.31 Å². The van der Waals surface area contributed by atoms with E-state index in [1.165, 1.54) is 36.4 Å². The molecule has 1 unspecified atom stereocenters. The van der Waals surface area contributed by atoms with Crippen LogP contribution < -0.4 is 0 Å². The van der Waals surface area contributed by atoms with Crippen molar-refractivity contribution in [2.45, 2.75) is 10.9 Å². The predicted octanol–water partition coefficient (Wildman–Crippen LogP) is 3.12. The number of hydrogen-bond acceptors (Lipinski definition) is 5. The van der Waals surface area contributed by atoms with Gasteiger partial charge in [0.05, 0.1) is 16.3 Å². The number of benzene rings is 2. The highest BCUT2D eigenvalue weighted by Crippen LogP contribution is 2.25. The molecule has 2 aromatic carbocycles. The summed E-state index contributed by atoms with van der Waals surface area (Å²) in [5.74, 6) is -1.20. The molecule has 1 heterocycles. The van der Waals surface area contributed by atoms with Crippen LogP contribution in [-0.2, 0) is 14.8 Å². The van der Waals surface area contributed by atoms with Crippen LogP contribution in [0.5, 0.6) is 0 Å². The number of aliphatic carboxylic acids is 1. The Labute approximate surface area is 145 Å². The van der Waals surface area contributed by atoms with Crippen LogP contribution in [0.1, 0.15) is 0 Å². The third kappa shape index (κ3) is 3.65. The number of rotatable bonds is 5. The Morgan fingerprint density at radius 1 is 1.00 bits per heavy atom. The lowest BCUT2D eigenvalue weighted by atomic mass is 10.3. The Balaban J connectivity index is 1.80. The van der Waals surface area contributed by atoms with E-state index in [0.29, 0.717) is 11.4 Å². The fourth-order valence-corrected chi connectivity index (χ4v) is 3.88. The molecule has 0 amide bonds. The van der Waals surface area contributed by atoms with Gasteiger partial charge in [-0.25, -0.2) is 8.42 Å². The number of sulfonamides is 1.